The van der Waals surface area contributed by atoms with Gasteiger partial charge in [-0.25, -0.2) is 0 Å². The Bertz CT molecular complexity index is 108. The molecule has 1 atom stereocenters. The molecule has 0 bridgehead atoms. The van der Waals surface area contributed by atoms with Gasteiger partial charge in [0.15, 0.2) is 0 Å². The van der Waals surface area contributed by atoms with Crippen LogP contribution in [0.25, 0.3) is 0 Å². The number of thioether (sulfide) groups is 1. The predicted molar refractivity (Wildman–Crippen MR) is 44.0 cm³/mol. The van der Waals surface area contributed by atoms with Crippen molar-refractivity contribution in [1.82, 2.24) is 5.43 Å². The summed E-state index contributed by atoms with van der Waals surface area (Å²) < 4.78 is 0. The lowest BCUT2D eigenvalue weighted by molar-refractivity contribution is 0.778. The second-order valence-corrected chi connectivity index (χ2v) is 3.58. The second kappa shape index (κ2) is 4.55. The zero-order valence-electron chi connectivity index (χ0n) is 6.21. The minimum Gasteiger partial charge on any atom is -0.277 e. The number of nitrogens with one attached hydrogen (secondary N) is 1. The van der Waals surface area contributed by atoms with Crippen LogP contribution < -0.4 is 5.43 Å². The molecule has 0 aromatic rings. The standard InChI is InChI=1S/C6H13N3S/c1-2-3-4-10-6-5-7-9-8-6/h6H,2-5H2,1H3,(H,7,8). The average molecular weight is 159 g/mol. The first kappa shape index (κ1) is 7.85. The Balaban J connectivity index is 1.93. The van der Waals surface area contributed by atoms with Gasteiger partial charge in [-0.05, 0) is 12.2 Å². The van der Waals surface area contributed by atoms with Crippen LogP contribution in [0.2, 0.25) is 0 Å². The van der Waals surface area contributed by atoms with Gasteiger partial charge in [0, 0.05) is 0 Å². The smallest absolute Gasteiger partial charge is 0.112 e. The fraction of sp³-hybridized carbons (Fsp3) is 1.00. The summed E-state index contributed by atoms with van der Waals surface area (Å²) >= 11 is 1.91. The number of rotatable bonds is 4. The maximum absolute atomic E-state index is 3.84. The molecule has 0 amide bonds. The molecule has 1 aliphatic rings. The van der Waals surface area contributed by atoms with Gasteiger partial charge in [0.1, 0.15) is 5.37 Å². The van der Waals surface area contributed by atoms with Crippen molar-refractivity contribution in [2.75, 3.05) is 12.3 Å². The van der Waals surface area contributed by atoms with Gasteiger partial charge < -0.3 is 0 Å². The van der Waals surface area contributed by atoms with E-state index >= 15 is 0 Å². The van der Waals surface area contributed by atoms with Gasteiger partial charge in [0.25, 0.3) is 0 Å². The summed E-state index contributed by atoms with van der Waals surface area (Å²) in [5.41, 5.74) is 2.94. The predicted octanol–water partition coefficient (Wildman–Crippen LogP) is 1.82. The summed E-state index contributed by atoms with van der Waals surface area (Å²) in [6, 6.07) is 0. The van der Waals surface area contributed by atoms with Gasteiger partial charge in [0.2, 0.25) is 0 Å². The zero-order valence-corrected chi connectivity index (χ0v) is 7.02. The zero-order chi connectivity index (χ0) is 7.23. The van der Waals surface area contributed by atoms with Crippen molar-refractivity contribution in [2.24, 2.45) is 10.3 Å². The van der Waals surface area contributed by atoms with Crippen LogP contribution in [-0.4, -0.2) is 17.7 Å². The van der Waals surface area contributed by atoms with E-state index in [1.807, 2.05) is 11.8 Å². The van der Waals surface area contributed by atoms with E-state index in [1.54, 1.807) is 0 Å². The van der Waals surface area contributed by atoms with Crippen LogP contribution in [0.15, 0.2) is 10.3 Å². The molecular formula is C6H13N3S. The Hall–Kier alpha value is -0.250. The Morgan fingerprint density at radius 1 is 1.70 bits per heavy atom. The van der Waals surface area contributed by atoms with E-state index in [2.05, 4.69) is 22.7 Å². The fourth-order valence-electron chi connectivity index (χ4n) is 0.721. The number of hydrogen-bond donors (Lipinski definition) is 1. The molecule has 0 spiro atoms. The highest BCUT2D eigenvalue weighted by Gasteiger charge is 2.10. The highest BCUT2D eigenvalue weighted by atomic mass is 32.2. The SMILES string of the molecule is CCCCSC1CN=NN1. The van der Waals surface area contributed by atoms with Crippen molar-refractivity contribution in [1.29, 1.82) is 0 Å². The van der Waals surface area contributed by atoms with Crippen molar-refractivity contribution in [3.63, 3.8) is 0 Å². The van der Waals surface area contributed by atoms with Gasteiger partial charge >= 0.3 is 0 Å². The lowest BCUT2D eigenvalue weighted by atomic mass is 10.4. The van der Waals surface area contributed by atoms with E-state index in [0.717, 1.165) is 6.54 Å². The molecule has 1 heterocycles. The van der Waals surface area contributed by atoms with Crippen LogP contribution in [0.4, 0.5) is 0 Å². The minimum absolute atomic E-state index is 0.451. The molecule has 58 valence electrons. The third-order valence-corrected chi connectivity index (χ3v) is 2.52. The second-order valence-electron chi connectivity index (χ2n) is 2.27. The van der Waals surface area contributed by atoms with Gasteiger partial charge in [-0.1, -0.05) is 18.6 Å². The largest absolute Gasteiger partial charge is 0.277 e. The molecule has 1 N–H and O–H groups in total. The lowest BCUT2D eigenvalue weighted by Gasteiger charge is -2.05. The molecule has 4 heteroatoms. The molecule has 0 aromatic carbocycles. The fourth-order valence-corrected chi connectivity index (χ4v) is 1.75. The van der Waals surface area contributed by atoms with Gasteiger partial charge in [0.05, 0.1) is 6.54 Å². The molecular weight excluding hydrogens is 146 g/mol. The third-order valence-electron chi connectivity index (χ3n) is 1.34. The summed E-state index contributed by atoms with van der Waals surface area (Å²) in [7, 11) is 0. The normalized spacial score (nSPS) is 23.1. The first-order valence-electron chi connectivity index (χ1n) is 3.67. The van der Waals surface area contributed by atoms with Crippen LogP contribution in [-0.2, 0) is 0 Å². The summed E-state index contributed by atoms with van der Waals surface area (Å²) in [6.45, 7) is 3.05. The van der Waals surface area contributed by atoms with E-state index in [-0.39, 0.29) is 0 Å². The molecule has 0 aliphatic carbocycles. The van der Waals surface area contributed by atoms with Gasteiger partial charge in [-0.2, -0.15) is 5.11 Å². The van der Waals surface area contributed by atoms with Crippen LogP contribution in [0.5, 0.6) is 0 Å². The van der Waals surface area contributed by atoms with E-state index in [9.17, 15) is 0 Å². The summed E-state index contributed by atoms with van der Waals surface area (Å²) in [4.78, 5) is 0. The van der Waals surface area contributed by atoms with Crippen LogP contribution in [0, 0.1) is 0 Å². The Morgan fingerprint density at radius 3 is 3.20 bits per heavy atom. The Labute approximate surface area is 65.6 Å². The molecule has 0 radical (unpaired) electrons. The number of hydrogen-bond acceptors (Lipinski definition) is 4. The molecule has 1 unspecified atom stereocenters. The highest BCUT2D eigenvalue weighted by Crippen LogP contribution is 2.13. The van der Waals surface area contributed by atoms with Crippen molar-refractivity contribution in [2.45, 2.75) is 25.1 Å². The number of unbranched alkanes of at least 4 members (excludes halogenated alkanes) is 1. The Kier molecular flexibility index (Phi) is 3.57. The van der Waals surface area contributed by atoms with Crippen molar-refractivity contribution >= 4 is 11.8 Å². The van der Waals surface area contributed by atoms with E-state index in [0.29, 0.717) is 5.37 Å². The third kappa shape index (κ3) is 2.56. The average Bonchev–Trinajstić information content (AvgIpc) is 2.41. The summed E-state index contributed by atoms with van der Waals surface area (Å²) in [5.74, 6) is 1.22. The maximum Gasteiger partial charge on any atom is 0.112 e. The maximum atomic E-state index is 3.84. The van der Waals surface area contributed by atoms with Crippen LogP contribution >= 0.6 is 11.8 Å². The molecule has 10 heavy (non-hydrogen) atoms. The van der Waals surface area contributed by atoms with Crippen molar-refractivity contribution in [3.05, 3.63) is 0 Å². The molecule has 0 aromatic heterocycles. The van der Waals surface area contributed by atoms with Gasteiger partial charge in [-0.3, -0.25) is 5.43 Å². The van der Waals surface area contributed by atoms with E-state index in [1.165, 1.54) is 18.6 Å². The molecule has 3 nitrogen and oxygen atoms in total. The van der Waals surface area contributed by atoms with E-state index < -0.39 is 0 Å². The minimum atomic E-state index is 0.451. The first-order chi connectivity index (χ1) is 4.93. The van der Waals surface area contributed by atoms with Crippen LogP contribution in [0.3, 0.4) is 0 Å². The van der Waals surface area contributed by atoms with Gasteiger partial charge in [-0.15, -0.1) is 11.8 Å². The van der Waals surface area contributed by atoms with E-state index in [4.69, 9.17) is 0 Å². The number of nitrogens with zero attached hydrogens (tertiary/aromatic N) is 2. The Morgan fingerprint density at radius 2 is 2.60 bits per heavy atom. The highest BCUT2D eigenvalue weighted by molar-refractivity contribution is 7.99. The molecule has 0 fully saturated rings. The molecule has 1 rings (SSSR count). The quantitative estimate of drug-likeness (QED) is 0.635. The summed E-state index contributed by atoms with van der Waals surface area (Å²) in [5, 5.41) is 7.98. The van der Waals surface area contributed by atoms with Crippen molar-refractivity contribution in [3.8, 4) is 0 Å². The van der Waals surface area contributed by atoms with Crippen LogP contribution in [0.1, 0.15) is 19.8 Å². The molecule has 0 saturated carbocycles. The molecule has 1 aliphatic heterocycles. The first-order valence-corrected chi connectivity index (χ1v) is 4.72. The monoisotopic (exact) mass is 159 g/mol. The lowest BCUT2D eigenvalue weighted by Crippen LogP contribution is -2.17. The van der Waals surface area contributed by atoms with Crippen molar-refractivity contribution < 1.29 is 0 Å². The molecule has 0 saturated heterocycles. The topological polar surface area (TPSA) is 36.8 Å². The summed E-state index contributed by atoms with van der Waals surface area (Å²) in [6.07, 6.45) is 2.57.